The minimum absolute atomic E-state index is 0.195. The van der Waals surface area contributed by atoms with Gasteiger partial charge in [0.05, 0.1) is 7.11 Å². The molecule has 72 valence electrons. The van der Waals surface area contributed by atoms with Crippen LogP contribution in [0, 0.1) is 11.8 Å². The highest BCUT2D eigenvalue weighted by atomic mass is 16.5. The predicted molar refractivity (Wildman–Crippen MR) is 49.9 cm³/mol. The molecule has 1 rings (SSSR count). The standard InChI is InChI=1S/C10H9NO3/c1-14-9-5-3-7-11-8(9)4-2-6-10(12)13/h3,5,7H,6H2,1H3,(H,12,13). The van der Waals surface area contributed by atoms with E-state index >= 15 is 0 Å². The summed E-state index contributed by atoms with van der Waals surface area (Å²) < 4.78 is 4.99. The van der Waals surface area contributed by atoms with Gasteiger partial charge < -0.3 is 9.84 Å². The van der Waals surface area contributed by atoms with Crippen LogP contribution >= 0.6 is 0 Å². The molecule has 4 nitrogen and oxygen atoms in total. The molecule has 0 saturated heterocycles. The van der Waals surface area contributed by atoms with Crippen LogP contribution in [0.15, 0.2) is 18.3 Å². The average Bonchev–Trinajstić information content (AvgIpc) is 2.18. The van der Waals surface area contributed by atoms with E-state index in [1.54, 1.807) is 18.3 Å². The number of nitrogens with zero attached hydrogens (tertiary/aromatic N) is 1. The van der Waals surface area contributed by atoms with E-state index in [0.717, 1.165) is 0 Å². The average molecular weight is 191 g/mol. The van der Waals surface area contributed by atoms with E-state index in [1.807, 2.05) is 0 Å². The third kappa shape index (κ3) is 2.79. The summed E-state index contributed by atoms with van der Waals surface area (Å²) in [5, 5.41) is 8.36. The molecule has 0 saturated carbocycles. The quantitative estimate of drug-likeness (QED) is 0.706. The Morgan fingerprint density at radius 2 is 2.50 bits per heavy atom. The number of carboxylic acids is 1. The van der Waals surface area contributed by atoms with Gasteiger partial charge in [-0.2, -0.15) is 0 Å². The minimum atomic E-state index is -0.951. The third-order valence-corrected chi connectivity index (χ3v) is 1.44. The first kappa shape index (κ1) is 10.1. The Labute approximate surface area is 81.5 Å². The highest BCUT2D eigenvalue weighted by Gasteiger charge is 1.98. The van der Waals surface area contributed by atoms with Crippen molar-refractivity contribution in [2.45, 2.75) is 6.42 Å². The first-order valence-corrected chi connectivity index (χ1v) is 3.93. The maximum absolute atomic E-state index is 10.2. The number of hydrogen-bond donors (Lipinski definition) is 1. The number of carboxylic acid groups (broad SMARTS) is 1. The van der Waals surface area contributed by atoms with Gasteiger partial charge in [-0.25, -0.2) is 4.98 Å². The van der Waals surface area contributed by atoms with Crippen LogP contribution in [0.3, 0.4) is 0 Å². The Bertz CT molecular complexity index is 390. The van der Waals surface area contributed by atoms with Gasteiger partial charge in [-0.1, -0.05) is 5.92 Å². The second-order valence-corrected chi connectivity index (χ2v) is 2.43. The summed E-state index contributed by atoms with van der Waals surface area (Å²) in [6.45, 7) is 0. The molecule has 1 heterocycles. The minimum Gasteiger partial charge on any atom is -0.494 e. The number of pyridine rings is 1. The number of aromatic nitrogens is 1. The van der Waals surface area contributed by atoms with Gasteiger partial charge in [0.15, 0.2) is 11.4 Å². The van der Waals surface area contributed by atoms with Crippen LogP contribution in [0.1, 0.15) is 12.1 Å². The van der Waals surface area contributed by atoms with E-state index in [4.69, 9.17) is 9.84 Å². The molecular weight excluding hydrogens is 182 g/mol. The lowest BCUT2D eigenvalue weighted by Crippen LogP contribution is -1.92. The van der Waals surface area contributed by atoms with Crippen molar-refractivity contribution in [1.82, 2.24) is 4.98 Å². The molecule has 0 unspecified atom stereocenters. The molecule has 0 aliphatic rings. The zero-order chi connectivity index (χ0) is 10.4. The van der Waals surface area contributed by atoms with E-state index in [0.29, 0.717) is 11.4 Å². The van der Waals surface area contributed by atoms with Gasteiger partial charge in [0.25, 0.3) is 0 Å². The highest BCUT2D eigenvalue weighted by Crippen LogP contribution is 2.12. The topological polar surface area (TPSA) is 59.4 Å². The molecule has 0 bridgehead atoms. The second-order valence-electron chi connectivity index (χ2n) is 2.43. The second kappa shape index (κ2) is 4.87. The lowest BCUT2D eigenvalue weighted by atomic mass is 10.3. The highest BCUT2D eigenvalue weighted by molar-refractivity contribution is 5.70. The van der Waals surface area contributed by atoms with Gasteiger partial charge in [0.2, 0.25) is 0 Å². The molecule has 0 spiro atoms. The van der Waals surface area contributed by atoms with Gasteiger partial charge in [-0.15, -0.1) is 0 Å². The molecule has 1 aromatic heterocycles. The lowest BCUT2D eigenvalue weighted by Gasteiger charge is -1.99. The largest absolute Gasteiger partial charge is 0.494 e. The molecule has 0 atom stereocenters. The Hall–Kier alpha value is -2.02. The molecule has 14 heavy (non-hydrogen) atoms. The first-order valence-electron chi connectivity index (χ1n) is 3.93. The van der Waals surface area contributed by atoms with Crippen molar-refractivity contribution in [1.29, 1.82) is 0 Å². The number of rotatable bonds is 2. The maximum atomic E-state index is 10.2. The molecule has 0 radical (unpaired) electrons. The van der Waals surface area contributed by atoms with Gasteiger partial charge in [-0.05, 0) is 18.1 Å². The van der Waals surface area contributed by atoms with E-state index in [1.165, 1.54) is 7.11 Å². The first-order chi connectivity index (χ1) is 6.74. The van der Waals surface area contributed by atoms with Gasteiger partial charge >= 0.3 is 5.97 Å². The molecular formula is C10H9NO3. The molecule has 1 N–H and O–H groups in total. The van der Waals surface area contributed by atoms with E-state index < -0.39 is 5.97 Å². The monoisotopic (exact) mass is 191 g/mol. The zero-order valence-corrected chi connectivity index (χ0v) is 7.65. The molecule has 0 aliphatic heterocycles. The molecule has 4 heteroatoms. The normalized spacial score (nSPS) is 8.64. The fourth-order valence-corrected chi connectivity index (χ4v) is 0.853. The van der Waals surface area contributed by atoms with Gasteiger partial charge in [-0.3, -0.25) is 4.79 Å². The fraction of sp³-hybridized carbons (Fsp3) is 0.200. The predicted octanol–water partition coefficient (Wildman–Crippen LogP) is 0.916. The van der Waals surface area contributed by atoms with Crippen LogP contribution in [0.2, 0.25) is 0 Å². The summed E-state index contributed by atoms with van der Waals surface area (Å²) in [5.41, 5.74) is 0.455. The van der Waals surface area contributed by atoms with E-state index in [9.17, 15) is 4.79 Å². The number of hydrogen-bond acceptors (Lipinski definition) is 3. The van der Waals surface area contributed by atoms with Crippen LogP contribution in [-0.2, 0) is 4.79 Å². The Morgan fingerprint density at radius 3 is 3.14 bits per heavy atom. The summed E-state index contributed by atoms with van der Waals surface area (Å²) >= 11 is 0. The summed E-state index contributed by atoms with van der Waals surface area (Å²) in [5.74, 6) is 4.71. The van der Waals surface area contributed by atoms with Crippen molar-refractivity contribution < 1.29 is 14.6 Å². The van der Waals surface area contributed by atoms with Crippen LogP contribution in [-0.4, -0.2) is 23.2 Å². The molecule has 0 aliphatic carbocycles. The lowest BCUT2D eigenvalue weighted by molar-refractivity contribution is -0.135. The Morgan fingerprint density at radius 1 is 1.71 bits per heavy atom. The van der Waals surface area contributed by atoms with E-state index in [2.05, 4.69) is 16.8 Å². The number of methoxy groups -OCH3 is 1. The van der Waals surface area contributed by atoms with Crippen LogP contribution in [0.5, 0.6) is 5.75 Å². The van der Waals surface area contributed by atoms with Crippen LogP contribution in [0.25, 0.3) is 0 Å². The van der Waals surface area contributed by atoms with Crippen molar-refractivity contribution in [3.8, 4) is 17.6 Å². The molecule has 0 fully saturated rings. The number of ether oxygens (including phenoxy) is 1. The van der Waals surface area contributed by atoms with Crippen molar-refractivity contribution in [3.63, 3.8) is 0 Å². The maximum Gasteiger partial charge on any atom is 0.315 e. The number of carbonyl (C=O) groups is 1. The van der Waals surface area contributed by atoms with Gasteiger partial charge in [0, 0.05) is 6.20 Å². The molecule has 0 amide bonds. The Kier molecular flexibility index (Phi) is 3.50. The van der Waals surface area contributed by atoms with Crippen molar-refractivity contribution in [3.05, 3.63) is 24.0 Å². The van der Waals surface area contributed by atoms with Crippen molar-refractivity contribution >= 4 is 5.97 Å². The van der Waals surface area contributed by atoms with Gasteiger partial charge in [0.1, 0.15) is 6.42 Å². The summed E-state index contributed by atoms with van der Waals surface area (Å²) in [6.07, 6.45) is 1.38. The summed E-state index contributed by atoms with van der Waals surface area (Å²) in [6, 6.07) is 3.44. The fourth-order valence-electron chi connectivity index (χ4n) is 0.853. The third-order valence-electron chi connectivity index (χ3n) is 1.44. The summed E-state index contributed by atoms with van der Waals surface area (Å²) in [4.78, 5) is 14.1. The summed E-state index contributed by atoms with van der Waals surface area (Å²) in [7, 11) is 1.51. The van der Waals surface area contributed by atoms with Crippen LogP contribution < -0.4 is 4.74 Å². The smallest absolute Gasteiger partial charge is 0.315 e. The molecule has 1 aromatic rings. The Balaban J connectivity index is 2.83. The zero-order valence-electron chi connectivity index (χ0n) is 7.65. The van der Waals surface area contributed by atoms with E-state index in [-0.39, 0.29) is 6.42 Å². The van der Waals surface area contributed by atoms with Crippen LogP contribution in [0.4, 0.5) is 0 Å². The number of aliphatic carboxylic acids is 1. The van der Waals surface area contributed by atoms with Crippen molar-refractivity contribution in [2.75, 3.05) is 7.11 Å². The SMILES string of the molecule is COc1cccnc1C#CCC(=O)O. The molecule has 0 aromatic carbocycles. The van der Waals surface area contributed by atoms with Crippen molar-refractivity contribution in [2.24, 2.45) is 0 Å².